The summed E-state index contributed by atoms with van der Waals surface area (Å²) in [6.07, 6.45) is 1.92. The van der Waals surface area contributed by atoms with Gasteiger partial charge >= 0.3 is 5.97 Å². The second-order valence-corrected chi connectivity index (χ2v) is 6.35. The van der Waals surface area contributed by atoms with Gasteiger partial charge in [-0.1, -0.05) is 30.3 Å². The lowest BCUT2D eigenvalue weighted by Crippen LogP contribution is -2.43. The lowest BCUT2D eigenvalue weighted by Gasteiger charge is -2.34. The van der Waals surface area contributed by atoms with Gasteiger partial charge in [-0.15, -0.1) is 0 Å². The average molecular weight is 370 g/mol. The number of benzene rings is 2. The van der Waals surface area contributed by atoms with Crippen molar-refractivity contribution in [1.29, 1.82) is 0 Å². The van der Waals surface area contributed by atoms with Crippen LogP contribution in [0.4, 0.5) is 10.1 Å². The smallest absolute Gasteiger partial charge is 0.335 e. The molecule has 6 nitrogen and oxygen atoms in total. The van der Waals surface area contributed by atoms with Crippen molar-refractivity contribution in [3.8, 4) is 0 Å². The molecular formula is C20H19FN2O4. The Balaban J connectivity index is 1.93. The SMILES string of the molecule is O=C(O)c1ccc(F)c(NC(=O)C(c2ccccc2)N2CCCCC2=O)c1. The zero-order chi connectivity index (χ0) is 19.4. The fraction of sp³-hybridized carbons (Fsp3) is 0.250. The molecule has 1 aliphatic heterocycles. The number of amides is 2. The van der Waals surface area contributed by atoms with Gasteiger partial charge in [-0.3, -0.25) is 9.59 Å². The van der Waals surface area contributed by atoms with Crippen LogP contribution >= 0.6 is 0 Å². The Hall–Kier alpha value is -3.22. The molecule has 7 heteroatoms. The molecule has 0 radical (unpaired) electrons. The highest BCUT2D eigenvalue weighted by atomic mass is 19.1. The first-order chi connectivity index (χ1) is 13.0. The van der Waals surface area contributed by atoms with E-state index in [9.17, 15) is 18.8 Å². The van der Waals surface area contributed by atoms with Crippen molar-refractivity contribution in [1.82, 2.24) is 4.90 Å². The van der Waals surface area contributed by atoms with E-state index in [2.05, 4.69) is 5.32 Å². The minimum Gasteiger partial charge on any atom is -0.478 e. The lowest BCUT2D eigenvalue weighted by molar-refractivity contribution is -0.141. The summed E-state index contributed by atoms with van der Waals surface area (Å²) in [7, 11) is 0. The first-order valence-electron chi connectivity index (χ1n) is 8.65. The standard InChI is InChI=1S/C20H19FN2O4/c21-15-10-9-14(20(26)27)12-16(15)22-19(25)18(13-6-2-1-3-7-13)23-11-5-4-8-17(23)24/h1-3,6-7,9-10,12,18H,4-5,8,11H2,(H,22,25)(H,26,27). The van der Waals surface area contributed by atoms with Gasteiger partial charge in [-0.05, 0) is 36.6 Å². The molecule has 1 saturated heterocycles. The number of rotatable bonds is 5. The highest BCUT2D eigenvalue weighted by Crippen LogP contribution is 2.28. The third kappa shape index (κ3) is 4.13. The molecule has 2 amide bonds. The van der Waals surface area contributed by atoms with E-state index < -0.39 is 23.7 Å². The first-order valence-corrected chi connectivity index (χ1v) is 8.65. The molecule has 1 atom stereocenters. The molecule has 1 heterocycles. The van der Waals surface area contributed by atoms with Crippen LogP contribution in [0.5, 0.6) is 0 Å². The van der Waals surface area contributed by atoms with Crippen molar-refractivity contribution < 1.29 is 23.9 Å². The van der Waals surface area contributed by atoms with Crippen LogP contribution in [-0.2, 0) is 9.59 Å². The minimum absolute atomic E-state index is 0.134. The van der Waals surface area contributed by atoms with Crippen molar-refractivity contribution in [2.24, 2.45) is 0 Å². The summed E-state index contributed by atoms with van der Waals surface area (Å²) in [5, 5.41) is 11.5. The molecule has 3 rings (SSSR count). The van der Waals surface area contributed by atoms with Crippen molar-refractivity contribution >= 4 is 23.5 Å². The Kier molecular flexibility index (Phi) is 5.49. The fourth-order valence-electron chi connectivity index (χ4n) is 3.16. The average Bonchev–Trinajstić information content (AvgIpc) is 2.66. The molecule has 2 aromatic carbocycles. The number of nitrogens with zero attached hydrogens (tertiary/aromatic N) is 1. The first kappa shape index (κ1) is 18.6. The maximum absolute atomic E-state index is 14.1. The van der Waals surface area contributed by atoms with E-state index in [0.29, 0.717) is 18.5 Å². The molecule has 0 saturated carbocycles. The summed E-state index contributed by atoms with van der Waals surface area (Å²) in [6, 6.07) is 11.0. The lowest BCUT2D eigenvalue weighted by atomic mass is 10.00. The van der Waals surface area contributed by atoms with Crippen LogP contribution in [0.1, 0.15) is 41.2 Å². The van der Waals surface area contributed by atoms with E-state index in [4.69, 9.17) is 5.11 Å². The highest BCUT2D eigenvalue weighted by Gasteiger charge is 2.33. The number of aromatic carboxylic acids is 1. The second-order valence-electron chi connectivity index (χ2n) is 6.35. The van der Waals surface area contributed by atoms with Crippen LogP contribution < -0.4 is 5.32 Å². The number of carboxylic acid groups (broad SMARTS) is 1. The van der Waals surface area contributed by atoms with E-state index in [1.54, 1.807) is 30.3 Å². The number of halogens is 1. The Morgan fingerprint density at radius 2 is 1.85 bits per heavy atom. The van der Waals surface area contributed by atoms with Gasteiger partial charge in [0.2, 0.25) is 5.91 Å². The Labute approximate surface area is 155 Å². The van der Waals surface area contributed by atoms with Crippen LogP contribution in [-0.4, -0.2) is 34.3 Å². The zero-order valence-electron chi connectivity index (χ0n) is 14.5. The third-order valence-corrected chi connectivity index (χ3v) is 4.51. The zero-order valence-corrected chi connectivity index (χ0v) is 14.5. The van der Waals surface area contributed by atoms with E-state index in [0.717, 1.165) is 31.0 Å². The van der Waals surface area contributed by atoms with Crippen LogP contribution in [0.25, 0.3) is 0 Å². The van der Waals surface area contributed by atoms with Gasteiger partial charge in [0.15, 0.2) is 0 Å². The van der Waals surface area contributed by atoms with E-state index in [1.807, 2.05) is 0 Å². The molecule has 140 valence electrons. The van der Waals surface area contributed by atoms with E-state index in [1.165, 1.54) is 4.90 Å². The number of piperidine rings is 1. The molecule has 0 aromatic heterocycles. The number of anilines is 1. The van der Waals surface area contributed by atoms with Gasteiger partial charge in [0.25, 0.3) is 5.91 Å². The predicted molar refractivity (Wildman–Crippen MR) is 96.7 cm³/mol. The molecular weight excluding hydrogens is 351 g/mol. The highest BCUT2D eigenvalue weighted by molar-refractivity contribution is 5.99. The quantitative estimate of drug-likeness (QED) is 0.846. The number of likely N-dealkylation sites (tertiary alicyclic amines) is 1. The number of hydrogen-bond acceptors (Lipinski definition) is 3. The third-order valence-electron chi connectivity index (χ3n) is 4.51. The molecule has 2 N–H and O–H groups in total. The summed E-state index contributed by atoms with van der Waals surface area (Å²) in [5.41, 5.74) is 0.238. The second kappa shape index (κ2) is 7.99. The largest absolute Gasteiger partial charge is 0.478 e. The molecule has 0 spiro atoms. The minimum atomic E-state index is -1.23. The Bertz CT molecular complexity index is 870. The number of carbonyl (C=O) groups is 3. The topological polar surface area (TPSA) is 86.7 Å². The van der Waals surface area contributed by atoms with Crippen LogP contribution in [0.3, 0.4) is 0 Å². The van der Waals surface area contributed by atoms with E-state index >= 15 is 0 Å². The van der Waals surface area contributed by atoms with Gasteiger partial charge in [0.05, 0.1) is 11.3 Å². The van der Waals surface area contributed by atoms with Gasteiger partial charge in [0, 0.05) is 13.0 Å². The summed E-state index contributed by atoms with van der Waals surface area (Å²) in [4.78, 5) is 37.9. The number of nitrogens with one attached hydrogen (secondary N) is 1. The molecule has 1 unspecified atom stereocenters. The normalized spacial score (nSPS) is 15.3. The molecule has 1 aliphatic rings. The molecule has 27 heavy (non-hydrogen) atoms. The Morgan fingerprint density at radius 1 is 1.11 bits per heavy atom. The summed E-state index contributed by atoms with van der Waals surface area (Å²) in [5.74, 6) is -2.69. The van der Waals surface area contributed by atoms with Crippen LogP contribution in [0.2, 0.25) is 0 Å². The van der Waals surface area contributed by atoms with Crippen LogP contribution in [0.15, 0.2) is 48.5 Å². The van der Waals surface area contributed by atoms with Gasteiger partial charge < -0.3 is 15.3 Å². The summed E-state index contributed by atoms with van der Waals surface area (Å²) >= 11 is 0. The molecule has 1 fully saturated rings. The monoisotopic (exact) mass is 370 g/mol. The molecule has 2 aromatic rings. The fourth-order valence-corrected chi connectivity index (χ4v) is 3.16. The van der Waals surface area contributed by atoms with Crippen molar-refractivity contribution in [3.05, 3.63) is 65.5 Å². The Morgan fingerprint density at radius 3 is 2.52 bits per heavy atom. The summed E-state index contributed by atoms with van der Waals surface area (Å²) in [6.45, 7) is 0.434. The van der Waals surface area contributed by atoms with Gasteiger partial charge in [0.1, 0.15) is 11.9 Å². The van der Waals surface area contributed by atoms with Gasteiger partial charge in [-0.2, -0.15) is 0 Å². The predicted octanol–water partition coefficient (Wildman–Crippen LogP) is 3.22. The van der Waals surface area contributed by atoms with Crippen molar-refractivity contribution in [2.75, 3.05) is 11.9 Å². The van der Waals surface area contributed by atoms with Gasteiger partial charge in [-0.25, -0.2) is 9.18 Å². The van der Waals surface area contributed by atoms with Crippen molar-refractivity contribution in [2.45, 2.75) is 25.3 Å². The van der Waals surface area contributed by atoms with E-state index in [-0.39, 0.29) is 17.2 Å². The van der Waals surface area contributed by atoms with Crippen molar-refractivity contribution in [3.63, 3.8) is 0 Å². The number of carbonyl (C=O) groups excluding carboxylic acids is 2. The molecule has 0 aliphatic carbocycles. The van der Waals surface area contributed by atoms with Crippen LogP contribution in [0, 0.1) is 5.82 Å². The number of hydrogen-bond donors (Lipinski definition) is 2. The maximum Gasteiger partial charge on any atom is 0.335 e. The number of carboxylic acids is 1. The maximum atomic E-state index is 14.1. The molecule has 0 bridgehead atoms. The summed E-state index contributed by atoms with van der Waals surface area (Å²) < 4.78 is 14.1.